The molecule has 2 fully saturated rings. The van der Waals surface area contributed by atoms with Gasteiger partial charge in [-0.25, -0.2) is 4.98 Å². The topological polar surface area (TPSA) is 41.1 Å². The number of hydrogen-bond acceptors (Lipinski definition) is 4. The highest BCUT2D eigenvalue weighted by Gasteiger charge is 2.21. The quantitative estimate of drug-likeness (QED) is 0.838. The van der Waals surface area contributed by atoms with Crippen LogP contribution >= 0.6 is 0 Å². The third-order valence-electron chi connectivity index (χ3n) is 4.57. The Morgan fingerprint density at radius 1 is 1.05 bits per heavy atom. The van der Waals surface area contributed by atoms with Gasteiger partial charge in [0.05, 0.1) is 18.1 Å². The van der Waals surface area contributed by atoms with Crippen molar-refractivity contribution >= 4 is 5.82 Å². The standard InChI is InChI=1S/C16H26N4/c1-20(15-6-4-2-3-5-7-15)16-12-18-14(11-19-16)10-17-13-8-9-13/h11-13,15,17H,2-10H2,1H3. The molecule has 0 aromatic carbocycles. The van der Waals surface area contributed by atoms with E-state index in [4.69, 9.17) is 0 Å². The maximum atomic E-state index is 4.61. The molecule has 0 aliphatic heterocycles. The Labute approximate surface area is 122 Å². The number of rotatable bonds is 5. The van der Waals surface area contributed by atoms with Crippen LogP contribution in [0.3, 0.4) is 0 Å². The van der Waals surface area contributed by atoms with Crippen molar-refractivity contribution in [3.8, 4) is 0 Å². The Morgan fingerprint density at radius 3 is 2.40 bits per heavy atom. The van der Waals surface area contributed by atoms with E-state index in [-0.39, 0.29) is 0 Å². The Kier molecular flexibility index (Phi) is 4.51. The summed E-state index contributed by atoms with van der Waals surface area (Å²) in [7, 11) is 2.17. The van der Waals surface area contributed by atoms with Crippen molar-refractivity contribution in [1.82, 2.24) is 15.3 Å². The Hall–Kier alpha value is -1.16. The van der Waals surface area contributed by atoms with E-state index in [1.54, 1.807) is 0 Å². The third kappa shape index (κ3) is 3.69. The largest absolute Gasteiger partial charge is 0.355 e. The number of hydrogen-bond donors (Lipinski definition) is 1. The molecule has 1 aromatic rings. The van der Waals surface area contributed by atoms with Crippen LogP contribution in [-0.4, -0.2) is 29.1 Å². The molecule has 110 valence electrons. The lowest BCUT2D eigenvalue weighted by atomic mass is 10.1. The zero-order valence-corrected chi connectivity index (χ0v) is 12.5. The molecule has 2 saturated carbocycles. The van der Waals surface area contributed by atoms with Crippen molar-refractivity contribution in [2.45, 2.75) is 70.0 Å². The van der Waals surface area contributed by atoms with Gasteiger partial charge in [-0.3, -0.25) is 4.98 Å². The Bertz CT molecular complexity index is 405. The summed E-state index contributed by atoms with van der Waals surface area (Å²) in [4.78, 5) is 11.5. The van der Waals surface area contributed by atoms with E-state index in [1.807, 2.05) is 12.4 Å². The first-order chi connectivity index (χ1) is 9.83. The van der Waals surface area contributed by atoms with E-state index in [0.29, 0.717) is 6.04 Å². The van der Waals surface area contributed by atoms with Crippen molar-refractivity contribution in [1.29, 1.82) is 0 Å². The van der Waals surface area contributed by atoms with Gasteiger partial charge in [0.2, 0.25) is 0 Å². The summed E-state index contributed by atoms with van der Waals surface area (Å²) in [6.45, 7) is 0.852. The van der Waals surface area contributed by atoms with Crippen LogP contribution in [0.1, 0.15) is 57.1 Å². The van der Waals surface area contributed by atoms with Gasteiger partial charge in [-0.2, -0.15) is 0 Å². The van der Waals surface area contributed by atoms with E-state index in [0.717, 1.165) is 24.1 Å². The summed E-state index contributed by atoms with van der Waals surface area (Å²) in [5, 5.41) is 3.48. The number of anilines is 1. The number of nitrogens with zero attached hydrogens (tertiary/aromatic N) is 3. The van der Waals surface area contributed by atoms with Gasteiger partial charge in [0.1, 0.15) is 5.82 Å². The SMILES string of the molecule is CN(c1cnc(CNC2CC2)cn1)C1CCCCCC1. The van der Waals surface area contributed by atoms with Crippen LogP contribution in [-0.2, 0) is 6.54 Å². The molecule has 0 bridgehead atoms. The smallest absolute Gasteiger partial charge is 0.147 e. The molecule has 1 aromatic heterocycles. The van der Waals surface area contributed by atoms with Gasteiger partial charge in [-0.15, -0.1) is 0 Å². The normalized spacial score (nSPS) is 20.6. The fraction of sp³-hybridized carbons (Fsp3) is 0.750. The molecule has 1 heterocycles. The van der Waals surface area contributed by atoms with Crippen LogP contribution in [0.2, 0.25) is 0 Å². The monoisotopic (exact) mass is 274 g/mol. The minimum Gasteiger partial charge on any atom is -0.355 e. The molecule has 0 saturated heterocycles. The molecule has 2 aliphatic rings. The highest BCUT2D eigenvalue weighted by atomic mass is 15.2. The highest BCUT2D eigenvalue weighted by molar-refractivity contribution is 5.36. The molecule has 2 aliphatic carbocycles. The second-order valence-electron chi connectivity index (χ2n) is 6.28. The van der Waals surface area contributed by atoms with E-state index in [2.05, 4.69) is 27.2 Å². The second kappa shape index (κ2) is 6.53. The zero-order valence-electron chi connectivity index (χ0n) is 12.5. The molecule has 0 radical (unpaired) electrons. The highest BCUT2D eigenvalue weighted by Crippen LogP contribution is 2.24. The van der Waals surface area contributed by atoms with Crippen LogP contribution < -0.4 is 10.2 Å². The summed E-state index contributed by atoms with van der Waals surface area (Å²) in [5.41, 5.74) is 1.05. The van der Waals surface area contributed by atoms with Crippen molar-refractivity contribution in [2.75, 3.05) is 11.9 Å². The van der Waals surface area contributed by atoms with E-state index in [1.165, 1.54) is 51.4 Å². The number of nitrogens with one attached hydrogen (secondary N) is 1. The summed E-state index contributed by atoms with van der Waals surface area (Å²) in [6.07, 6.45) is 14.6. The maximum Gasteiger partial charge on any atom is 0.147 e. The van der Waals surface area contributed by atoms with E-state index < -0.39 is 0 Å². The second-order valence-corrected chi connectivity index (χ2v) is 6.28. The van der Waals surface area contributed by atoms with Crippen LogP contribution in [0.15, 0.2) is 12.4 Å². The molecular weight excluding hydrogens is 248 g/mol. The first kappa shape index (κ1) is 13.8. The predicted octanol–water partition coefficient (Wildman–Crippen LogP) is 2.89. The third-order valence-corrected chi connectivity index (χ3v) is 4.57. The van der Waals surface area contributed by atoms with Crippen molar-refractivity contribution in [2.24, 2.45) is 0 Å². The van der Waals surface area contributed by atoms with Gasteiger partial charge in [0.15, 0.2) is 0 Å². The van der Waals surface area contributed by atoms with Gasteiger partial charge in [-0.05, 0) is 25.7 Å². The zero-order chi connectivity index (χ0) is 13.8. The van der Waals surface area contributed by atoms with Crippen molar-refractivity contribution in [3.05, 3.63) is 18.1 Å². The van der Waals surface area contributed by atoms with Gasteiger partial charge in [0, 0.05) is 25.7 Å². The summed E-state index contributed by atoms with van der Waals surface area (Å²) in [5.74, 6) is 1.02. The fourth-order valence-electron chi connectivity index (χ4n) is 2.99. The lowest BCUT2D eigenvalue weighted by Crippen LogP contribution is -2.32. The molecule has 4 heteroatoms. The van der Waals surface area contributed by atoms with E-state index in [9.17, 15) is 0 Å². The Morgan fingerprint density at radius 2 is 1.80 bits per heavy atom. The van der Waals surface area contributed by atoms with Crippen LogP contribution in [0, 0.1) is 0 Å². The maximum absolute atomic E-state index is 4.61. The molecule has 20 heavy (non-hydrogen) atoms. The predicted molar refractivity (Wildman–Crippen MR) is 81.8 cm³/mol. The number of aromatic nitrogens is 2. The van der Waals surface area contributed by atoms with Crippen LogP contribution in [0.25, 0.3) is 0 Å². The fourth-order valence-corrected chi connectivity index (χ4v) is 2.99. The average molecular weight is 274 g/mol. The van der Waals surface area contributed by atoms with Gasteiger partial charge < -0.3 is 10.2 Å². The molecule has 0 unspecified atom stereocenters. The molecule has 3 rings (SSSR count). The van der Waals surface area contributed by atoms with Gasteiger partial charge in [0.25, 0.3) is 0 Å². The van der Waals surface area contributed by atoms with Crippen LogP contribution in [0.4, 0.5) is 5.82 Å². The average Bonchev–Trinajstić information content (AvgIpc) is 3.31. The Balaban J connectivity index is 1.57. The summed E-state index contributed by atoms with van der Waals surface area (Å²) >= 11 is 0. The minimum absolute atomic E-state index is 0.641. The first-order valence-electron chi connectivity index (χ1n) is 8.10. The molecule has 0 amide bonds. The van der Waals surface area contributed by atoms with Gasteiger partial charge >= 0.3 is 0 Å². The lowest BCUT2D eigenvalue weighted by molar-refractivity contribution is 0.548. The molecule has 4 nitrogen and oxygen atoms in total. The summed E-state index contributed by atoms with van der Waals surface area (Å²) in [6, 6.07) is 1.37. The molecular formula is C16H26N4. The van der Waals surface area contributed by atoms with Crippen molar-refractivity contribution in [3.63, 3.8) is 0 Å². The lowest BCUT2D eigenvalue weighted by Gasteiger charge is -2.28. The van der Waals surface area contributed by atoms with E-state index >= 15 is 0 Å². The summed E-state index contributed by atoms with van der Waals surface area (Å²) < 4.78 is 0. The molecule has 0 atom stereocenters. The molecule has 0 spiro atoms. The molecule has 1 N–H and O–H groups in total. The van der Waals surface area contributed by atoms with Gasteiger partial charge in [-0.1, -0.05) is 25.7 Å². The van der Waals surface area contributed by atoms with Crippen LogP contribution in [0.5, 0.6) is 0 Å². The first-order valence-corrected chi connectivity index (χ1v) is 8.10. The van der Waals surface area contributed by atoms with Crippen molar-refractivity contribution < 1.29 is 0 Å². The minimum atomic E-state index is 0.641.